The number of nitrogens with one attached hydrogen (secondary N) is 2. The Labute approximate surface area is 154 Å². The fourth-order valence-corrected chi connectivity index (χ4v) is 2.49. The molecule has 8 heteroatoms. The van der Waals surface area contributed by atoms with Crippen LogP contribution in [0.3, 0.4) is 0 Å². The van der Waals surface area contributed by atoms with E-state index in [4.69, 9.17) is 0 Å². The third-order valence-electron chi connectivity index (χ3n) is 3.71. The minimum Gasteiger partial charge on any atom is -0.406 e. The number of alkyl halides is 3. The smallest absolute Gasteiger partial charge is 0.406 e. The number of nitrogens with zero attached hydrogens (tertiary/aromatic N) is 2. The monoisotopic (exact) mass is 374 g/mol. The van der Waals surface area contributed by atoms with Gasteiger partial charge in [-0.25, -0.2) is 4.98 Å². The van der Waals surface area contributed by atoms with Crippen molar-refractivity contribution in [3.8, 4) is 17.0 Å². The molecule has 2 N–H and O–H groups in total. The van der Waals surface area contributed by atoms with Crippen molar-refractivity contribution < 1.29 is 17.9 Å². The fraction of sp³-hybridized carbons (Fsp3) is 0.158. The molecule has 0 saturated heterocycles. The van der Waals surface area contributed by atoms with Crippen molar-refractivity contribution in [1.82, 2.24) is 9.97 Å². The average molecular weight is 374 g/mol. The van der Waals surface area contributed by atoms with Crippen molar-refractivity contribution in [1.29, 1.82) is 0 Å². The Morgan fingerprint density at radius 1 is 0.963 bits per heavy atom. The second kappa shape index (κ2) is 7.53. The highest BCUT2D eigenvalue weighted by Crippen LogP contribution is 2.29. The van der Waals surface area contributed by atoms with Crippen LogP contribution in [0.2, 0.25) is 0 Å². The summed E-state index contributed by atoms with van der Waals surface area (Å²) in [6, 6.07) is 15.4. The van der Waals surface area contributed by atoms with Crippen molar-refractivity contribution in [2.75, 3.05) is 17.7 Å². The zero-order chi connectivity index (χ0) is 19.4. The van der Waals surface area contributed by atoms with E-state index in [1.54, 1.807) is 20.0 Å². The highest BCUT2D eigenvalue weighted by molar-refractivity contribution is 5.68. The SMILES string of the molecule is CNc1nc(Nc2ccc(OC(F)(F)F)cc2C)cc(-c2ccccc2)n1. The summed E-state index contributed by atoms with van der Waals surface area (Å²) in [6.07, 6.45) is -4.72. The predicted molar refractivity (Wildman–Crippen MR) is 98.2 cm³/mol. The standard InChI is InChI=1S/C19H17F3N4O/c1-12-10-14(27-19(20,21)22)8-9-15(12)24-17-11-16(25-18(23-2)26-17)13-6-4-3-5-7-13/h3-11H,1-2H3,(H2,23,24,25,26). The molecule has 0 aliphatic carbocycles. The maximum atomic E-state index is 12.3. The van der Waals surface area contributed by atoms with Crippen LogP contribution in [0.1, 0.15) is 5.56 Å². The van der Waals surface area contributed by atoms with Gasteiger partial charge in [0.25, 0.3) is 0 Å². The van der Waals surface area contributed by atoms with Crippen LogP contribution < -0.4 is 15.4 Å². The predicted octanol–water partition coefficient (Wildman–Crippen LogP) is 5.14. The van der Waals surface area contributed by atoms with Crippen LogP contribution in [0.15, 0.2) is 54.6 Å². The number of hydrogen-bond donors (Lipinski definition) is 2. The molecule has 3 aromatic rings. The zero-order valence-corrected chi connectivity index (χ0v) is 14.6. The van der Waals surface area contributed by atoms with Crippen LogP contribution in [0.5, 0.6) is 5.75 Å². The van der Waals surface area contributed by atoms with Gasteiger partial charge in [0.15, 0.2) is 0 Å². The summed E-state index contributed by atoms with van der Waals surface area (Å²) in [4.78, 5) is 8.78. The van der Waals surface area contributed by atoms with Crippen molar-refractivity contribution in [2.45, 2.75) is 13.3 Å². The van der Waals surface area contributed by atoms with E-state index < -0.39 is 6.36 Å². The molecule has 0 saturated carbocycles. The molecule has 0 aliphatic heterocycles. The van der Waals surface area contributed by atoms with Crippen LogP contribution in [-0.4, -0.2) is 23.4 Å². The van der Waals surface area contributed by atoms with Crippen molar-refractivity contribution in [3.63, 3.8) is 0 Å². The summed E-state index contributed by atoms with van der Waals surface area (Å²) < 4.78 is 41.0. The number of anilines is 3. The van der Waals surface area contributed by atoms with Gasteiger partial charge in [-0.1, -0.05) is 30.3 Å². The van der Waals surface area contributed by atoms with Gasteiger partial charge in [-0.05, 0) is 30.7 Å². The molecule has 0 fully saturated rings. The molecule has 0 radical (unpaired) electrons. The lowest BCUT2D eigenvalue weighted by molar-refractivity contribution is -0.274. The van der Waals surface area contributed by atoms with E-state index in [9.17, 15) is 13.2 Å². The topological polar surface area (TPSA) is 59.1 Å². The first-order valence-corrected chi connectivity index (χ1v) is 8.10. The highest BCUT2D eigenvalue weighted by Gasteiger charge is 2.31. The van der Waals surface area contributed by atoms with Gasteiger partial charge < -0.3 is 15.4 Å². The van der Waals surface area contributed by atoms with Crippen LogP contribution in [0.4, 0.5) is 30.6 Å². The van der Waals surface area contributed by atoms with E-state index in [1.807, 2.05) is 30.3 Å². The Morgan fingerprint density at radius 3 is 2.33 bits per heavy atom. The van der Waals surface area contributed by atoms with E-state index in [0.29, 0.717) is 28.7 Å². The zero-order valence-electron chi connectivity index (χ0n) is 14.6. The number of aryl methyl sites for hydroxylation is 1. The Morgan fingerprint density at radius 2 is 1.70 bits per heavy atom. The summed E-state index contributed by atoms with van der Waals surface area (Å²) >= 11 is 0. The van der Waals surface area contributed by atoms with E-state index >= 15 is 0 Å². The third-order valence-corrected chi connectivity index (χ3v) is 3.71. The lowest BCUT2D eigenvalue weighted by atomic mass is 10.1. The van der Waals surface area contributed by atoms with Crippen molar-refractivity contribution >= 4 is 17.5 Å². The number of halogens is 3. The first-order valence-electron chi connectivity index (χ1n) is 8.10. The lowest BCUT2D eigenvalue weighted by Gasteiger charge is -2.14. The minimum absolute atomic E-state index is 0.269. The Kier molecular flexibility index (Phi) is 5.16. The van der Waals surface area contributed by atoms with Gasteiger partial charge in [0.1, 0.15) is 11.6 Å². The van der Waals surface area contributed by atoms with Crippen LogP contribution in [-0.2, 0) is 0 Å². The molecule has 0 unspecified atom stereocenters. The van der Waals surface area contributed by atoms with E-state index in [0.717, 1.165) is 5.56 Å². The second-order valence-corrected chi connectivity index (χ2v) is 5.73. The van der Waals surface area contributed by atoms with Gasteiger partial charge in [-0.2, -0.15) is 4.98 Å². The summed E-state index contributed by atoms with van der Waals surface area (Å²) in [5.74, 6) is 0.670. The van der Waals surface area contributed by atoms with Gasteiger partial charge in [0, 0.05) is 24.4 Å². The van der Waals surface area contributed by atoms with Crippen molar-refractivity contribution in [2.24, 2.45) is 0 Å². The number of benzene rings is 2. The maximum Gasteiger partial charge on any atom is 0.573 e. The average Bonchev–Trinajstić information content (AvgIpc) is 2.63. The van der Waals surface area contributed by atoms with Gasteiger partial charge in [-0.15, -0.1) is 13.2 Å². The molecule has 2 aromatic carbocycles. The molecule has 5 nitrogen and oxygen atoms in total. The van der Waals surface area contributed by atoms with Gasteiger partial charge in [-0.3, -0.25) is 0 Å². The first kappa shape index (κ1) is 18.5. The molecule has 0 atom stereocenters. The van der Waals surface area contributed by atoms with E-state index in [2.05, 4.69) is 25.3 Å². The number of hydrogen-bond acceptors (Lipinski definition) is 5. The van der Waals surface area contributed by atoms with E-state index in [-0.39, 0.29) is 5.75 Å². The molecule has 0 aliphatic rings. The van der Waals surface area contributed by atoms with Crippen LogP contribution >= 0.6 is 0 Å². The van der Waals surface area contributed by atoms with Crippen LogP contribution in [0, 0.1) is 6.92 Å². The second-order valence-electron chi connectivity index (χ2n) is 5.73. The minimum atomic E-state index is -4.72. The lowest BCUT2D eigenvalue weighted by Crippen LogP contribution is -2.17. The first-order chi connectivity index (χ1) is 12.8. The van der Waals surface area contributed by atoms with Gasteiger partial charge in [0.2, 0.25) is 5.95 Å². The third kappa shape index (κ3) is 4.87. The molecule has 27 heavy (non-hydrogen) atoms. The molecule has 1 heterocycles. The highest BCUT2D eigenvalue weighted by atomic mass is 19.4. The Balaban J connectivity index is 1.89. The molecule has 3 rings (SSSR count). The largest absolute Gasteiger partial charge is 0.573 e. The summed E-state index contributed by atoms with van der Waals surface area (Å²) in [6.45, 7) is 1.68. The summed E-state index contributed by atoms with van der Waals surface area (Å²) in [5, 5.41) is 6.02. The molecule has 0 spiro atoms. The molecular weight excluding hydrogens is 357 g/mol. The van der Waals surface area contributed by atoms with Crippen LogP contribution in [0.25, 0.3) is 11.3 Å². The van der Waals surface area contributed by atoms with Gasteiger partial charge >= 0.3 is 6.36 Å². The molecule has 1 aromatic heterocycles. The molecular formula is C19H17F3N4O. The number of rotatable bonds is 5. The molecule has 140 valence electrons. The molecule has 0 amide bonds. The Bertz CT molecular complexity index is 930. The van der Waals surface area contributed by atoms with Crippen molar-refractivity contribution in [3.05, 3.63) is 60.2 Å². The quantitative estimate of drug-likeness (QED) is 0.648. The summed E-state index contributed by atoms with van der Waals surface area (Å²) in [7, 11) is 1.71. The Hall–Kier alpha value is -3.29. The van der Waals surface area contributed by atoms with E-state index in [1.165, 1.54) is 18.2 Å². The number of aromatic nitrogens is 2. The summed E-state index contributed by atoms with van der Waals surface area (Å²) in [5.41, 5.74) is 2.84. The fourth-order valence-electron chi connectivity index (χ4n) is 2.49. The maximum absolute atomic E-state index is 12.3. The number of ether oxygens (including phenoxy) is 1. The molecule has 0 bridgehead atoms. The normalized spacial score (nSPS) is 11.1. The van der Waals surface area contributed by atoms with Gasteiger partial charge in [0.05, 0.1) is 5.69 Å².